The Morgan fingerprint density at radius 1 is 1.42 bits per heavy atom. The third-order valence-electron chi connectivity index (χ3n) is 2.95. The average Bonchev–Trinajstić information content (AvgIpc) is 2.39. The van der Waals surface area contributed by atoms with Gasteiger partial charge in [-0.15, -0.1) is 0 Å². The van der Waals surface area contributed by atoms with Crippen molar-refractivity contribution in [2.45, 2.75) is 32.5 Å². The van der Waals surface area contributed by atoms with E-state index < -0.39 is 0 Å². The fourth-order valence-electron chi connectivity index (χ4n) is 2.01. The Morgan fingerprint density at radius 2 is 2.11 bits per heavy atom. The largest absolute Gasteiger partial charge is 0.491 e. The van der Waals surface area contributed by atoms with E-state index in [1.54, 1.807) is 4.90 Å². The Morgan fingerprint density at radius 3 is 2.63 bits per heavy atom. The molecule has 0 aromatic heterocycles. The van der Waals surface area contributed by atoms with E-state index in [2.05, 4.69) is 0 Å². The van der Waals surface area contributed by atoms with Crippen LogP contribution < -0.4 is 15.4 Å². The van der Waals surface area contributed by atoms with Crippen LogP contribution in [0.1, 0.15) is 20.3 Å². The zero-order valence-corrected chi connectivity index (χ0v) is 11.3. The van der Waals surface area contributed by atoms with E-state index in [4.69, 9.17) is 15.2 Å². The summed E-state index contributed by atoms with van der Waals surface area (Å²) in [6, 6.07) is 7.44. The number of amides is 1. The molecule has 1 aliphatic heterocycles. The molecule has 5 heteroatoms. The number of nitrogens with zero attached hydrogens (tertiary/aromatic N) is 1. The summed E-state index contributed by atoms with van der Waals surface area (Å²) in [7, 11) is 0. The van der Waals surface area contributed by atoms with Crippen molar-refractivity contribution in [2.24, 2.45) is 5.73 Å². The van der Waals surface area contributed by atoms with Gasteiger partial charge in [0.25, 0.3) is 0 Å². The Balaban J connectivity index is 2.04. The minimum Gasteiger partial charge on any atom is -0.491 e. The molecule has 2 rings (SSSR count). The lowest BCUT2D eigenvalue weighted by molar-refractivity contribution is 0.0887. The highest BCUT2D eigenvalue weighted by molar-refractivity contribution is 5.88. The van der Waals surface area contributed by atoms with E-state index in [9.17, 15) is 4.79 Å². The number of ether oxygens (including phenoxy) is 2. The lowest BCUT2D eigenvalue weighted by atomic mass is 10.2. The minimum atomic E-state index is -0.334. The van der Waals surface area contributed by atoms with Crippen LogP contribution in [0, 0.1) is 0 Å². The minimum absolute atomic E-state index is 0.135. The molecule has 1 saturated heterocycles. The summed E-state index contributed by atoms with van der Waals surface area (Å²) < 4.78 is 10.8. The first-order valence-electron chi connectivity index (χ1n) is 6.55. The van der Waals surface area contributed by atoms with Gasteiger partial charge in [-0.2, -0.15) is 0 Å². The van der Waals surface area contributed by atoms with Gasteiger partial charge >= 0.3 is 6.09 Å². The third kappa shape index (κ3) is 3.38. The van der Waals surface area contributed by atoms with Crippen molar-refractivity contribution < 1.29 is 14.3 Å². The van der Waals surface area contributed by atoms with Crippen LogP contribution in [0.2, 0.25) is 0 Å². The van der Waals surface area contributed by atoms with Crippen LogP contribution in [0.4, 0.5) is 10.5 Å². The van der Waals surface area contributed by atoms with Crippen LogP contribution in [0.3, 0.4) is 0 Å². The molecule has 104 valence electrons. The molecule has 1 heterocycles. The van der Waals surface area contributed by atoms with Gasteiger partial charge < -0.3 is 15.2 Å². The molecule has 19 heavy (non-hydrogen) atoms. The lowest BCUT2D eigenvalue weighted by Crippen LogP contribution is -2.44. The van der Waals surface area contributed by atoms with E-state index in [-0.39, 0.29) is 18.3 Å². The normalized spacial score (nSPS) is 19.5. The zero-order valence-electron chi connectivity index (χ0n) is 11.3. The molecule has 0 saturated carbocycles. The van der Waals surface area contributed by atoms with Crippen molar-refractivity contribution >= 4 is 11.8 Å². The van der Waals surface area contributed by atoms with Crippen LogP contribution in [0.5, 0.6) is 5.75 Å². The molecule has 1 fully saturated rings. The maximum atomic E-state index is 11.8. The van der Waals surface area contributed by atoms with Gasteiger partial charge in [-0.3, -0.25) is 4.90 Å². The van der Waals surface area contributed by atoms with Gasteiger partial charge in [0.2, 0.25) is 0 Å². The maximum Gasteiger partial charge on any atom is 0.414 e. The molecule has 0 bridgehead atoms. The molecule has 5 nitrogen and oxygen atoms in total. The smallest absolute Gasteiger partial charge is 0.414 e. The lowest BCUT2D eigenvalue weighted by Gasteiger charge is -2.31. The van der Waals surface area contributed by atoms with Crippen LogP contribution in [-0.4, -0.2) is 31.4 Å². The van der Waals surface area contributed by atoms with Crippen molar-refractivity contribution in [3.05, 3.63) is 24.3 Å². The van der Waals surface area contributed by atoms with Crippen LogP contribution >= 0.6 is 0 Å². The molecule has 1 atom stereocenters. The number of benzene rings is 1. The zero-order chi connectivity index (χ0) is 13.8. The van der Waals surface area contributed by atoms with Crippen LogP contribution in [0.25, 0.3) is 0 Å². The van der Waals surface area contributed by atoms with E-state index in [0.29, 0.717) is 13.1 Å². The highest BCUT2D eigenvalue weighted by Crippen LogP contribution is 2.24. The van der Waals surface area contributed by atoms with Crippen LogP contribution in [-0.2, 0) is 4.74 Å². The number of anilines is 1. The van der Waals surface area contributed by atoms with Gasteiger partial charge in [0, 0.05) is 25.2 Å². The van der Waals surface area contributed by atoms with E-state index >= 15 is 0 Å². The molecule has 1 unspecified atom stereocenters. The Bertz CT molecular complexity index is 431. The number of carbonyl (C=O) groups is 1. The standard InChI is InChI=1S/C14H20N2O3/c1-10(2)18-12-5-3-11(4-6-12)16-8-7-13(9-15)19-14(16)17/h3-6,10,13H,7-9,15H2,1-2H3. The van der Waals surface area contributed by atoms with Gasteiger partial charge in [0.15, 0.2) is 0 Å². The maximum absolute atomic E-state index is 11.8. The Labute approximate surface area is 113 Å². The quantitative estimate of drug-likeness (QED) is 0.905. The summed E-state index contributed by atoms with van der Waals surface area (Å²) in [5, 5.41) is 0. The predicted octanol–water partition coefficient (Wildman–Crippen LogP) is 2.15. The summed E-state index contributed by atoms with van der Waals surface area (Å²) in [6.45, 7) is 4.96. The number of hydrogen-bond acceptors (Lipinski definition) is 4. The Kier molecular flexibility index (Phi) is 4.27. The topological polar surface area (TPSA) is 64.8 Å². The second-order valence-electron chi connectivity index (χ2n) is 4.84. The second-order valence-corrected chi connectivity index (χ2v) is 4.84. The summed E-state index contributed by atoms with van der Waals surface area (Å²) in [5.74, 6) is 0.795. The van der Waals surface area contributed by atoms with Crippen molar-refractivity contribution in [1.29, 1.82) is 0 Å². The number of carbonyl (C=O) groups excluding carboxylic acids is 1. The highest BCUT2D eigenvalue weighted by atomic mass is 16.6. The van der Waals surface area contributed by atoms with E-state index in [0.717, 1.165) is 17.9 Å². The number of rotatable bonds is 4. The van der Waals surface area contributed by atoms with Crippen LogP contribution in [0.15, 0.2) is 24.3 Å². The molecule has 1 aromatic carbocycles. The second kappa shape index (κ2) is 5.93. The molecule has 0 radical (unpaired) electrons. The van der Waals surface area contributed by atoms with Crippen molar-refractivity contribution in [3.8, 4) is 5.75 Å². The summed E-state index contributed by atoms with van der Waals surface area (Å²) in [6.07, 6.45) is 0.398. The van der Waals surface area contributed by atoms with Gasteiger partial charge in [0.1, 0.15) is 11.9 Å². The first-order valence-corrected chi connectivity index (χ1v) is 6.55. The number of hydrogen-bond donors (Lipinski definition) is 1. The fraction of sp³-hybridized carbons (Fsp3) is 0.500. The summed E-state index contributed by atoms with van der Waals surface area (Å²) >= 11 is 0. The van der Waals surface area contributed by atoms with E-state index in [1.165, 1.54) is 0 Å². The predicted molar refractivity (Wildman–Crippen MR) is 73.5 cm³/mol. The molecule has 0 spiro atoms. The van der Waals surface area contributed by atoms with Crippen molar-refractivity contribution in [3.63, 3.8) is 0 Å². The molecule has 1 amide bonds. The number of cyclic esters (lactones) is 1. The van der Waals surface area contributed by atoms with Crippen molar-refractivity contribution in [1.82, 2.24) is 0 Å². The van der Waals surface area contributed by atoms with Gasteiger partial charge in [0.05, 0.1) is 6.10 Å². The van der Waals surface area contributed by atoms with Crippen molar-refractivity contribution in [2.75, 3.05) is 18.0 Å². The molecular weight excluding hydrogens is 244 g/mol. The number of nitrogens with two attached hydrogens (primary N) is 1. The summed E-state index contributed by atoms with van der Waals surface area (Å²) in [5.41, 5.74) is 6.32. The average molecular weight is 264 g/mol. The SMILES string of the molecule is CC(C)Oc1ccc(N2CCC(CN)OC2=O)cc1. The Hall–Kier alpha value is -1.75. The highest BCUT2D eigenvalue weighted by Gasteiger charge is 2.27. The molecule has 1 aromatic rings. The van der Waals surface area contributed by atoms with E-state index in [1.807, 2.05) is 38.1 Å². The fourth-order valence-corrected chi connectivity index (χ4v) is 2.01. The molecular formula is C14H20N2O3. The van der Waals surface area contributed by atoms with Gasteiger partial charge in [-0.05, 0) is 38.1 Å². The van der Waals surface area contributed by atoms with Gasteiger partial charge in [-0.1, -0.05) is 0 Å². The molecule has 0 aliphatic carbocycles. The first kappa shape index (κ1) is 13.7. The third-order valence-corrected chi connectivity index (χ3v) is 2.95. The molecule has 1 aliphatic rings. The first-order chi connectivity index (χ1) is 9.10. The van der Waals surface area contributed by atoms with Gasteiger partial charge in [-0.25, -0.2) is 4.79 Å². The molecule has 2 N–H and O–H groups in total. The summed E-state index contributed by atoms with van der Waals surface area (Å²) in [4.78, 5) is 13.5. The monoisotopic (exact) mass is 264 g/mol.